The van der Waals surface area contributed by atoms with Gasteiger partial charge in [-0.1, -0.05) is 6.07 Å². The van der Waals surface area contributed by atoms with Crippen molar-refractivity contribution in [2.75, 3.05) is 20.1 Å². The van der Waals surface area contributed by atoms with Crippen LogP contribution in [-0.4, -0.2) is 37.8 Å². The van der Waals surface area contributed by atoms with Crippen LogP contribution in [0.25, 0.3) is 0 Å². The molecule has 0 spiro atoms. The molecule has 1 aromatic heterocycles. The van der Waals surface area contributed by atoms with E-state index in [-0.39, 0.29) is 5.92 Å². The lowest BCUT2D eigenvalue weighted by atomic mass is 9.99. The van der Waals surface area contributed by atoms with E-state index in [2.05, 4.69) is 9.71 Å². The minimum absolute atomic E-state index is 0.231. The van der Waals surface area contributed by atoms with E-state index < -0.39 is 10.2 Å². The average Bonchev–Trinajstić information content (AvgIpc) is 2.17. The predicted octanol–water partition coefficient (Wildman–Crippen LogP) is -0.0550. The molecule has 0 amide bonds. The SMILES string of the molecule is CNS(=O)(=O)N1CC(c2ccccn2)C1. The molecule has 0 aliphatic carbocycles. The highest BCUT2D eigenvalue weighted by Gasteiger charge is 2.36. The summed E-state index contributed by atoms with van der Waals surface area (Å²) in [6, 6.07) is 5.69. The molecule has 1 saturated heterocycles. The van der Waals surface area contributed by atoms with Crippen LogP contribution >= 0.6 is 0 Å². The van der Waals surface area contributed by atoms with Crippen molar-refractivity contribution in [2.45, 2.75) is 5.92 Å². The average molecular weight is 227 g/mol. The van der Waals surface area contributed by atoms with E-state index >= 15 is 0 Å². The number of rotatable bonds is 3. The Kier molecular flexibility index (Phi) is 2.72. The summed E-state index contributed by atoms with van der Waals surface area (Å²) in [4.78, 5) is 4.20. The lowest BCUT2D eigenvalue weighted by molar-refractivity contribution is 0.258. The van der Waals surface area contributed by atoms with Gasteiger partial charge in [0.25, 0.3) is 10.2 Å². The van der Waals surface area contributed by atoms with Crippen molar-refractivity contribution < 1.29 is 8.42 Å². The van der Waals surface area contributed by atoms with Gasteiger partial charge in [0, 0.05) is 37.9 Å². The molecule has 2 heterocycles. The first kappa shape index (κ1) is 10.5. The third kappa shape index (κ3) is 2.01. The van der Waals surface area contributed by atoms with Gasteiger partial charge in [0.05, 0.1) is 0 Å². The molecule has 0 bridgehead atoms. The molecular weight excluding hydrogens is 214 g/mol. The zero-order valence-electron chi connectivity index (χ0n) is 8.42. The van der Waals surface area contributed by atoms with E-state index in [1.165, 1.54) is 11.4 Å². The molecule has 1 fully saturated rings. The van der Waals surface area contributed by atoms with Crippen molar-refractivity contribution in [3.63, 3.8) is 0 Å². The van der Waals surface area contributed by atoms with E-state index in [1.807, 2.05) is 18.2 Å². The molecule has 82 valence electrons. The van der Waals surface area contributed by atoms with Crippen LogP contribution in [0.4, 0.5) is 0 Å². The van der Waals surface area contributed by atoms with Crippen LogP contribution in [0.3, 0.4) is 0 Å². The van der Waals surface area contributed by atoms with Crippen molar-refractivity contribution >= 4 is 10.2 Å². The van der Waals surface area contributed by atoms with Gasteiger partial charge in [0.1, 0.15) is 0 Å². The first-order valence-electron chi connectivity index (χ1n) is 4.73. The minimum atomic E-state index is -3.25. The van der Waals surface area contributed by atoms with Gasteiger partial charge in [-0.25, -0.2) is 4.72 Å². The monoisotopic (exact) mass is 227 g/mol. The first-order valence-corrected chi connectivity index (χ1v) is 6.17. The molecule has 2 rings (SSSR count). The maximum absolute atomic E-state index is 11.4. The summed E-state index contributed by atoms with van der Waals surface area (Å²) < 4.78 is 26.4. The largest absolute Gasteiger partial charge is 0.279 e. The fourth-order valence-electron chi connectivity index (χ4n) is 1.57. The number of hydrogen-bond donors (Lipinski definition) is 1. The van der Waals surface area contributed by atoms with Gasteiger partial charge in [-0.2, -0.15) is 12.7 Å². The maximum Gasteiger partial charge on any atom is 0.279 e. The van der Waals surface area contributed by atoms with Crippen LogP contribution in [0.1, 0.15) is 11.6 Å². The number of nitrogens with one attached hydrogen (secondary N) is 1. The van der Waals surface area contributed by atoms with Gasteiger partial charge < -0.3 is 0 Å². The van der Waals surface area contributed by atoms with Gasteiger partial charge in [0.2, 0.25) is 0 Å². The second kappa shape index (κ2) is 3.88. The van der Waals surface area contributed by atoms with E-state index in [0.717, 1.165) is 5.69 Å². The third-order valence-corrected chi connectivity index (χ3v) is 4.05. The normalized spacial score (nSPS) is 18.7. The van der Waals surface area contributed by atoms with Crippen molar-refractivity contribution in [1.82, 2.24) is 14.0 Å². The maximum atomic E-state index is 11.4. The second-order valence-corrected chi connectivity index (χ2v) is 5.35. The topological polar surface area (TPSA) is 62.3 Å². The lowest BCUT2D eigenvalue weighted by Crippen LogP contribution is -2.52. The van der Waals surface area contributed by atoms with E-state index in [1.54, 1.807) is 6.20 Å². The Morgan fingerprint density at radius 3 is 2.73 bits per heavy atom. The van der Waals surface area contributed by atoms with Crippen LogP contribution in [0, 0.1) is 0 Å². The molecule has 0 radical (unpaired) electrons. The first-order chi connectivity index (χ1) is 7.13. The Balaban J connectivity index is 2.00. The highest BCUT2D eigenvalue weighted by molar-refractivity contribution is 7.87. The number of aromatic nitrogens is 1. The Bertz CT molecular complexity index is 426. The minimum Gasteiger partial charge on any atom is -0.261 e. The van der Waals surface area contributed by atoms with Crippen LogP contribution in [-0.2, 0) is 10.2 Å². The fraction of sp³-hybridized carbons (Fsp3) is 0.444. The van der Waals surface area contributed by atoms with Crippen molar-refractivity contribution in [2.24, 2.45) is 0 Å². The van der Waals surface area contributed by atoms with Crippen LogP contribution in [0.5, 0.6) is 0 Å². The van der Waals surface area contributed by atoms with Crippen LogP contribution < -0.4 is 4.72 Å². The summed E-state index contributed by atoms with van der Waals surface area (Å²) in [5.41, 5.74) is 0.958. The second-order valence-electron chi connectivity index (χ2n) is 3.48. The Morgan fingerprint density at radius 1 is 1.47 bits per heavy atom. The number of nitrogens with zero attached hydrogens (tertiary/aromatic N) is 2. The van der Waals surface area contributed by atoms with Crippen molar-refractivity contribution in [1.29, 1.82) is 0 Å². The van der Waals surface area contributed by atoms with Crippen LogP contribution in [0.15, 0.2) is 24.4 Å². The summed E-state index contributed by atoms with van der Waals surface area (Å²) in [5.74, 6) is 0.231. The zero-order valence-corrected chi connectivity index (χ0v) is 9.24. The molecular formula is C9H13N3O2S. The lowest BCUT2D eigenvalue weighted by Gasteiger charge is -2.37. The Hall–Kier alpha value is -0.980. The number of hydrogen-bond acceptors (Lipinski definition) is 3. The van der Waals surface area contributed by atoms with Crippen molar-refractivity contribution in [3.05, 3.63) is 30.1 Å². The Morgan fingerprint density at radius 2 is 2.20 bits per heavy atom. The predicted molar refractivity (Wildman–Crippen MR) is 56.5 cm³/mol. The molecule has 1 aliphatic rings. The van der Waals surface area contributed by atoms with E-state index in [4.69, 9.17) is 0 Å². The molecule has 15 heavy (non-hydrogen) atoms. The summed E-state index contributed by atoms with van der Waals surface area (Å²) in [7, 11) is -1.83. The molecule has 6 heteroatoms. The third-order valence-electron chi connectivity index (χ3n) is 2.55. The summed E-state index contributed by atoms with van der Waals surface area (Å²) in [5, 5.41) is 0. The van der Waals surface area contributed by atoms with Crippen molar-refractivity contribution in [3.8, 4) is 0 Å². The Labute approximate surface area is 89.3 Å². The van der Waals surface area contributed by atoms with Gasteiger partial charge >= 0.3 is 0 Å². The van der Waals surface area contributed by atoms with Crippen LogP contribution in [0.2, 0.25) is 0 Å². The van der Waals surface area contributed by atoms with Gasteiger partial charge in [-0.3, -0.25) is 4.98 Å². The molecule has 0 aromatic carbocycles. The van der Waals surface area contributed by atoms with E-state index in [0.29, 0.717) is 13.1 Å². The molecule has 0 atom stereocenters. The fourth-order valence-corrected chi connectivity index (χ4v) is 2.58. The summed E-state index contributed by atoms with van der Waals surface area (Å²) >= 11 is 0. The quantitative estimate of drug-likeness (QED) is 0.787. The van der Waals surface area contributed by atoms with E-state index in [9.17, 15) is 8.42 Å². The number of pyridine rings is 1. The molecule has 0 saturated carbocycles. The van der Waals surface area contributed by atoms with Gasteiger partial charge in [0.15, 0.2) is 0 Å². The summed E-state index contributed by atoms with van der Waals surface area (Å²) in [6.45, 7) is 1.03. The molecule has 0 unspecified atom stereocenters. The standard InChI is InChI=1S/C9H13N3O2S/c1-10-15(13,14)12-6-8(7-12)9-4-2-3-5-11-9/h2-5,8,10H,6-7H2,1H3. The summed E-state index contributed by atoms with van der Waals surface area (Å²) in [6.07, 6.45) is 1.73. The van der Waals surface area contributed by atoms with Gasteiger partial charge in [-0.05, 0) is 12.1 Å². The smallest absolute Gasteiger partial charge is 0.261 e. The zero-order chi connectivity index (χ0) is 10.9. The highest BCUT2D eigenvalue weighted by Crippen LogP contribution is 2.26. The molecule has 1 aliphatic heterocycles. The molecule has 5 nitrogen and oxygen atoms in total. The molecule has 1 aromatic rings. The molecule has 1 N–H and O–H groups in total. The van der Waals surface area contributed by atoms with Gasteiger partial charge in [-0.15, -0.1) is 0 Å². The highest BCUT2D eigenvalue weighted by atomic mass is 32.2.